The van der Waals surface area contributed by atoms with E-state index in [-0.39, 0.29) is 17.2 Å². The van der Waals surface area contributed by atoms with Gasteiger partial charge in [-0.1, -0.05) is 12.1 Å². The van der Waals surface area contributed by atoms with Crippen LogP contribution in [0.2, 0.25) is 0 Å². The average molecular weight is 461 g/mol. The Morgan fingerprint density at radius 2 is 2.03 bits per heavy atom. The Morgan fingerprint density at radius 1 is 1.27 bits per heavy atom. The van der Waals surface area contributed by atoms with Gasteiger partial charge in [-0.2, -0.15) is 13.2 Å². The van der Waals surface area contributed by atoms with Crippen LogP contribution < -0.4 is 10.9 Å². The van der Waals surface area contributed by atoms with Gasteiger partial charge in [0.25, 0.3) is 5.91 Å². The van der Waals surface area contributed by atoms with E-state index in [9.17, 15) is 27.2 Å². The summed E-state index contributed by atoms with van der Waals surface area (Å²) >= 11 is 0. The van der Waals surface area contributed by atoms with Crippen molar-refractivity contribution < 1.29 is 26.8 Å². The normalized spacial score (nSPS) is 18.8. The molecule has 33 heavy (non-hydrogen) atoms. The first kappa shape index (κ1) is 22.5. The molecule has 10 heteroatoms. The number of amidine groups is 1. The lowest BCUT2D eigenvalue weighted by atomic mass is 9.99. The third kappa shape index (κ3) is 4.46. The topological polar surface area (TPSA) is 74.9 Å². The van der Waals surface area contributed by atoms with E-state index in [1.165, 1.54) is 25.3 Å². The van der Waals surface area contributed by atoms with Gasteiger partial charge in [0.15, 0.2) is 0 Å². The van der Waals surface area contributed by atoms with Crippen molar-refractivity contribution in [2.75, 3.05) is 6.54 Å². The lowest BCUT2D eigenvalue weighted by Crippen LogP contribution is -2.37. The molecule has 172 valence electrons. The second-order valence-electron chi connectivity index (χ2n) is 7.84. The molecule has 1 aromatic carbocycles. The third-order valence-electron chi connectivity index (χ3n) is 5.34. The highest BCUT2D eigenvalue weighted by molar-refractivity contribution is 6.24. The van der Waals surface area contributed by atoms with E-state index in [1.807, 2.05) is 6.92 Å². The first-order valence-electron chi connectivity index (χ1n) is 10.1. The van der Waals surface area contributed by atoms with Crippen LogP contribution in [0.3, 0.4) is 0 Å². The molecule has 0 fully saturated rings. The van der Waals surface area contributed by atoms with Gasteiger partial charge in [0.1, 0.15) is 17.9 Å². The summed E-state index contributed by atoms with van der Waals surface area (Å²) in [5, 5.41) is 2.57. The summed E-state index contributed by atoms with van der Waals surface area (Å²) in [5.41, 5.74) is -0.901. The Bertz CT molecular complexity index is 1240. The summed E-state index contributed by atoms with van der Waals surface area (Å²) in [6.07, 6.45) is -0.268. The number of nitrogens with zero attached hydrogens (tertiary/aromatic N) is 2. The average Bonchev–Trinajstić information content (AvgIpc) is 3.12. The fourth-order valence-corrected chi connectivity index (χ4v) is 3.76. The number of hydrogen-bond donors (Lipinski definition) is 1. The van der Waals surface area contributed by atoms with Gasteiger partial charge >= 0.3 is 11.8 Å². The van der Waals surface area contributed by atoms with Crippen molar-refractivity contribution in [3.63, 3.8) is 0 Å². The van der Waals surface area contributed by atoms with Crippen molar-refractivity contribution in [3.05, 3.63) is 87.4 Å². The molecule has 1 amide bonds. The molecule has 0 aliphatic carbocycles. The Morgan fingerprint density at radius 3 is 2.70 bits per heavy atom. The van der Waals surface area contributed by atoms with Crippen LogP contribution in [-0.4, -0.2) is 29.2 Å². The van der Waals surface area contributed by atoms with Crippen molar-refractivity contribution in [2.45, 2.75) is 32.1 Å². The largest absolute Gasteiger partial charge is 0.431 e. The molecule has 0 unspecified atom stereocenters. The molecule has 0 saturated heterocycles. The predicted molar refractivity (Wildman–Crippen MR) is 113 cm³/mol. The second kappa shape index (κ2) is 8.34. The van der Waals surface area contributed by atoms with Crippen molar-refractivity contribution in [1.82, 2.24) is 10.2 Å². The first-order valence-corrected chi connectivity index (χ1v) is 10.1. The maximum absolute atomic E-state index is 14.5. The minimum atomic E-state index is -4.85. The summed E-state index contributed by atoms with van der Waals surface area (Å²) in [5.74, 6) is -1.65. The number of allylic oxidation sites excluding steroid dienone is 2. The molecule has 0 saturated carbocycles. The number of fused-ring (bicyclic) bond motifs is 1. The minimum absolute atomic E-state index is 0.0983. The number of aliphatic imine (C=N–C) groups is 1. The van der Waals surface area contributed by atoms with E-state index in [2.05, 4.69) is 10.3 Å². The van der Waals surface area contributed by atoms with E-state index in [0.717, 1.165) is 6.07 Å². The minimum Gasteiger partial charge on any atom is -0.431 e. The smallest absolute Gasteiger partial charge is 0.419 e. The first-order chi connectivity index (χ1) is 15.5. The maximum Gasteiger partial charge on any atom is 0.419 e. The number of hydrogen-bond acceptors (Lipinski definition) is 5. The van der Waals surface area contributed by atoms with Gasteiger partial charge in [-0.15, -0.1) is 0 Å². The van der Waals surface area contributed by atoms with Crippen molar-refractivity contribution in [1.29, 1.82) is 0 Å². The Balaban J connectivity index is 1.65. The van der Waals surface area contributed by atoms with Crippen molar-refractivity contribution >= 4 is 17.3 Å². The summed E-state index contributed by atoms with van der Waals surface area (Å²) in [6, 6.07) is 4.60. The van der Waals surface area contributed by atoms with Crippen LogP contribution in [0.4, 0.5) is 17.6 Å². The highest BCUT2D eigenvalue weighted by Gasteiger charge is 2.36. The second-order valence-corrected chi connectivity index (χ2v) is 7.84. The van der Waals surface area contributed by atoms with Crippen molar-refractivity contribution in [2.24, 2.45) is 4.99 Å². The number of benzene rings is 1. The Kier molecular flexibility index (Phi) is 5.69. The van der Waals surface area contributed by atoms with E-state index >= 15 is 0 Å². The summed E-state index contributed by atoms with van der Waals surface area (Å²) < 4.78 is 58.6. The SMILES string of the molecule is C[C@@H]1CN2C=C(c3ccc(=O)oc3)C=C(C(=O)N[C@H](C)c3cccc(C(F)(F)F)c3F)C2=N1. The number of nitrogens with one attached hydrogen (secondary N) is 1. The predicted octanol–water partition coefficient (Wildman–Crippen LogP) is 4.06. The molecular weight excluding hydrogens is 442 g/mol. The number of carbonyl (C=O) groups excluding carboxylic acids is 1. The molecule has 2 aliphatic heterocycles. The molecule has 1 N–H and O–H groups in total. The van der Waals surface area contributed by atoms with Crippen molar-refractivity contribution in [3.8, 4) is 0 Å². The zero-order valence-corrected chi connectivity index (χ0v) is 17.6. The highest BCUT2D eigenvalue weighted by atomic mass is 19.4. The van der Waals surface area contributed by atoms with Gasteiger partial charge < -0.3 is 14.6 Å². The molecular formula is C23H19F4N3O3. The molecule has 0 spiro atoms. The van der Waals surface area contributed by atoms with E-state index in [0.29, 0.717) is 29.6 Å². The summed E-state index contributed by atoms with van der Waals surface area (Å²) in [6.45, 7) is 3.79. The fourth-order valence-electron chi connectivity index (χ4n) is 3.76. The van der Waals surface area contributed by atoms with Gasteiger partial charge in [0.05, 0.1) is 23.2 Å². The molecule has 2 aromatic rings. The lowest BCUT2D eigenvalue weighted by molar-refractivity contribution is -0.140. The fraction of sp³-hybridized carbons (Fsp3) is 0.261. The Labute approximate surface area is 185 Å². The lowest BCUT2D eigenvalue weighted by Gasteiger charge is -2.25. The number of alkyl halides is 3. The zero-order valence-electron chi connectivity index (χ0n) is 17.6. The van der Waals surface area contributed by atoms with Gasteiger partial charge in [-0.3, -0.25) is 9.79 Å². The molecule has 1 aromatic heterocycles. The third-order valence-corrected chi connectivity index (χ3v) is 5.34. The zero-order chi connectivity index (χ0) is 23.9. The van der Waals surface area contributed by atoms with Crippen LogP contribution >= 0.6 is 0 Å². The maximum atomic E-state index is 14.5. The highest BCUT2D eigenvalue weighted by Crippen LogP contribution is 2.34. The van der Waals surface area contributed by atoms with Crippen LogP contribution in [0.25, 0.3) is 5.57 Å². The quantitative estimate of drug-likeness (QED) is 0.697. The monoisotopic (exact) mass is 461 g/mol. The molecule has 4 rings (SSSR count). The molecule has 0 bridgehead atoms. The van der Waals surface area contributed by atoms with Gasteiger partial charge in [0, 0.05) is 35.5 Å². The number of amides is 1. The van der Waals surface area contributed by atoms with Gasteiger partial charge in [-0.05, 0) is 32.1 Å². The number of halogens is 4. The van der Waals surface area contributed by atoms with E-state index in [4.69, 9.17) is 4.42 Å². The Hall–Kier alpha value is -3.69. The van der Waals surface area contributed by atoms with E-state index < -0.39 is 35.1 Å². The number of carbonyl (C=O) groups is 1. The van der Waals surface area contributed by atoms with Crippen LogP contribution in [0, 0.1) is 5.82 Å². The van der Waals surface area contributed by atoms with E-state index in [1.54, 1.807) is 23.2 Å². The summed E-state index contributed by atoms with van der Waals surface area (Å²) in [4.78, 5) is 30.6. The molecule has 6 nitrogen and oxygen atoms in total. The molecule has 2 atom stereocenters. The number of rotatable bonds is 4. The van der Waals surface area contributed by atoms with Crippen LogP contribution in [-0.2, 0) is 11.0 Å². The molecule has 3 heterocycles. The standard InChI is InChI=1S/C23H19F4N3O3/c1-12-9-30-10-15(14-6-7-19(31)33-11-14)8-17(21(30)28-12)22(32)29-13(2)16-4-3-5-18(20(16)24)23(25,26)27/h3-8,10-13H,9H2,1-2H3,(H,29,32)/t12-,13-/m1/s1. The molecule has 2 aliphatic rings. The van der Waals surface area contributed by atoms with Crippen LogP contribution in [0.1, 0.15) is 36.6 Å². The summed E-state index contributed by atoms with van der Waals surface area (Å²) in [7, 11) is 0. The van der Waals surface area contributed by atoms with Crippen LogP contribution in [0.15, 0.2) is 68.6 Å². The van der Waals surface area contributed by atoms with Gasteiger partial charge in [-0.25, -0.2) is 9.18 Å². The van der Waals surface area contributed by atoms with Crippen LogP contribution in [0.5, 0.6) is 0 Å². The molecule has 0 radical (unpaired) electrons. The van der Waals surface area contributed by atoms with Gasteiger partial charge in [0.2, 0.25) is 0 Å².